The van der Waals surface area contributed by atoms with Crippen molar-refractivity contribution in [2.45, 2.75) is 24.4 Å². The van der Waals surface area contributed by atoms with E-state index in [4.69, 9.17) is 5.11 Å². The molecule has 9 heteroatoms. The van der Waals surface area contributed by atoms with Crippen LogP contribution in [0.3, 0.4) is 0 Å². The number of aliphatic hydroxyl groups is 5. The first-order valence-electron chi connectivity index (χ1n) is 8.59. The Balaban J connectivity index is 2.16. The highest BCUT2D eigenvalue weighted by Crippen LogP contribution is 2.09. The number of para-hydroxylation sites is 2. The van der Waals surface area contributed by atoms with Crippen LogP contribution in [-0.2, 0) is 0 Å². The Morgan fingerprint density at radius 3 is 1.89 bits per heavy atom. The molecule has 28 heavy (non-hydrogen) atoms. The minimum absolute atomic E-state index is 0.107. The van der Waals surface area contributed by atoms with Crippen molar-refractivity contribution in [2.75, 3.05) is 17.5 Å². The molecule has 0 aliphatic heterocycles. The van der Waals surface area contributed by atoms with Crippen LogP contribution >= 0.6 is 0 Å². The number of nitrogens with zero attached hydrogens (tertiary/aromatic N) is 2. The van der Waals surface area contributed by atoms with Gasteiger partial charge in [-0.2, -0.15) is 10.2 Å². The lowest BCUT2D eigenvalue weighted by Crippen LogP contribution is -2.49. The highest BCUT2D eigenvalue weighted by molar-refractivity contribution is 6.33. The van der Waals surface area contributed by atoms with E-state index in [2.05, 4.69) is 21.1 Å². The number of hydrazone groups is 2. The van der Waals surface area contributed by atoms with E-state index in [1.54, 1.807) is 36.4 Å². The van der Waals surface area contributed by atoms with Crippen LogP contribution in [0.25, 0.3) is 0 Å². The van der Waals surface area contributed by atoms with Crippen molar-refractivity contribution in [1.82, 2.24) is 0 Å². The van der Waals surface area contributed by atoms with Crippen molar-refractivity contribution < 1.29 is 25.5 Å². The fraction of sp³-hybridized carbons (Fsp3) is 0.263. The zero-order chi connectivity index (χ0) is 20.4. The molecule has 4 atom stereocenters. The first-order chi connectivity index (χ1) is 13.5. The van der Waals surface area contributed by atoms with Crippen LogP contribution in [0.5, 0.6) is 0 Å². The lowest BCUT2D eigenvalue weighted by atomic mass is 10.0. The number of anilines is 2. The van der Waals surface area contributed by atoms with Crippen LogP contribution in [0.15, 0.2) is 70.9 Å². The number of hydrogen-bond acceptors (Lipinski definition) is 9. The van der Waals surface area contributed by atoms with Crippen LogP contribution in [0.4, 0.5) is 11.4 Å². The molecule has 0 saturated heterocycles. The summed E-state index contributed by atoms with van der Waals surface area (Å²) in [6.07, 6.45) is -5.71. The van der Waals surface area contributed by atoms with Gasteiger partial charge >= 0.3 is 0 Å². The highest BCUT2D eigenvalue weighted by Gasteiger charge is 2.32. The Morgan fingerprint density at radius 1 is 0.821 bits per heavy atom. The number of hydrogen-bond donors (Lipinski definition) is 7. The minimum Gasteiger partial charge on any atom is -0.394 e. The second kappa shape index (κ2) is 11.1. The van der Waals surface area contributed by atoms with Crippen molar-refractivity contribution in [3.8, 4) is 0 Å². The Kier molecular flexibility index (Phi) is 8.53. The zero-order valence-electron chi connectivity index (χ0n) is 15.0. The van der Waals surface area contributed by atoms with Crippen LogP contribution < -0.4 is 10.9 Å². The van der Waals surface area contributed by atoms with Gasteiger partial charge in [0.2, 0.25) is 0 Å². The van der Waals surface area contributed by atoms with Gasteiger partial charge in [-0.05, 0) is 24.3 Å². The number of rotatable bonds is 10. The van der Waals surface area contributed by atoms with Crippen LogP contribution in [0.2, 0.25) is 0 Å². The third-order valence-electron chi connectivity index (χ3n) is 3.81. The van der Waals surface area contributed by atoms with Crippen LogP contribution in [-0.4, -0.2) is 68.5 Å². The zero-order valence-corrected chi connectivity index (χ0v) is 15.0. The van der Waals surface area contributed by atoms with E-state index in [0.29, 0.717) is 11.4 Å². The molecule has 2 aromatic carbocycles. The van der Waals surface area contributed by atoms with E-state index in [1.807, 2.05) is 24.3 Å². The van der Waals surface area contributed by atoms with E-state index >= 15 is 0 Å². The summed E-state index contributed by atoms with van der Waals surface area (Å²) >= 11 is 0. The number of nitrogens with one attached hydrogen (secondary N) is 2. The monoisotopic (exact) mass is 388 g/mol. The number of benzene rings is 2. The lowest BCUT2D eigenvalue weighted by molar-refractivity contribution is -0.100. The van der Waals surface area contributed by atoms with Crippen molar-refractivity contribution in [2.24, 2.45) is 10.2 Å². The van der Waals surface area contributed by atoms with Gasteiger partial charge in [0, 0.05) is 0 Å². The fourth-order valence-corrected chi connectivity index (χ4v) is 2.20. The Bertz CT molecular complexity index is 757. The van der Waals surface area contributed by atoms with Gasteiger partial charge in [-0.15, -0.1) is 0 Å². The molecule has 7 N–H and O–H groups in total. The fourth-order valence-electron chi connectivity index (χ4n) is 2.20. The third kappa shape index (κ3) is 6.41. The molecule has 0 radical (unpaired) electrons. The van der Waals surface area contributed by atoms with Crippen molar-refractivity contribution in [1.29, 1.82) is 0 Å². The smallest absolute Gasteiger partial charge is 0.128 e. The first kappa shape index (κ1) is 21.5. The predicted octanol–water partition coefficient (Wildman–Crippen LogP) is -0.0117. The van der Waals surface area contributed by atoms with Crippen LogP contribution in [0, 0.1) is 0 Å². The molecule has 0 saturated carbocycles. The molecule has 0 spiro atoms. The molecule has 0 fully saturated rings. The summed E-state index contributed by atoms with van der Waals surface area (Å²) in [4.78, 5) is 0. The van der Waals surface area contributed by atoms with Gasteiger partial charge in [0.05, 0.1) is 24.2 Å². The molecule has 0 heterocycles. The standard InChI is InChI=1S/C19H24N4O5/c24-12-16(25)18(27)19(28)17(26)15(23-22-14-9-5-2-6-10-14)11-20-21-13-7-3-1-4-8-13/h1-11,16-19,21-22,24-28H,12H2/b20-11-,23-15+/t16-,17+,18-,19+/m1/s1. The third-order valence-corrected chi connectivity index (χ3v) is 3.81. The quantitative estimate of drug-likeness (QED) is 0.223. The summed E-state index contributed by atoms with van der Waals surface area (Å²) in [5.74, 6) is 0. The molecular formula is C19H24N4O5. The average molecular weight is 388 g/mol. The summed E-state index contributed by atoms with van der Waals surface area (Å²) in [6, 6.07) is 17.9. The van der Waals surface area contributed by atoms with Gasteiger partial charge in [0.1, 0.15) is 30.1 Å². The van der Waals surface area contributed by atoms with E-state index < -0.39 is 31.0 Å². The van der Waals surface area contributed by atoms with Gasteiger partial charge in [-0.1, -0.05) is 36.4 Å². The molecule has 2 rings (SSSR count). The topological polar surface area (TPSA) is 150 Å². The van der Waals surface area contributed by atoms with Gasteiger partial charge < -0.3 is 25.5 Å². The second-order valence-electron chi connectivity index (χ2n) is 5.93. The summed E-state index contributed by atoms with van der Waals surface area (Å²) in [5.41, 5.74) is 6.68. The van der Waals surface area contributed by atoms with Gasteiger partial charge in [0.25, 0.3) is 0 Å². The van der Waals surface area contributed by atoms with Crippen molar-refractivity contribution >= 4 is 23.3 Å². The summed E-state index contributed by atoms with van der Waals surface area (Å²) < 4.78 is 0. The van der Waals surface area contributed by atoms with E-state index in [-0.39, 0.29) is 5.71 Å². The van der Waals surface area contributed by atoms with Crippen molar-refractivity contribution in [3.05, 3.63) is 60.7 Å². The maximum atomic E-state index is 10.4. The van der Waals surface area contributed by atoms with Gasteiger partial charge in [0.15, 0.2) is 0 Å². The van der Waals surface area contributed by atoms with Gasteiger partial charge in [-0.3, -0.25) is 10.9 Å². The summed E-state index contributed by atoms with van der Waals surface area (Å²) in [7, 11) is 0. The molecule has 0 aliphatic rings. The minimum atomic E-state index is -1.80. The Hall–Kier alpha value is -2.82. The average Bonchev–Trinajstić information content (AvgIpc) is 2.75. The molecule has 0 unspecified atom stereocenters. The predicted molar refractivity (Wildman–Crippen MR) is 107 cm³/mol. The van der Waals surface area contributed by atoms with E-state index in [0.717, 1.165) is 0 Å². The molecule has 2 aromatic rings. The van der Waals surface area contributed by atoms with Crippen LogP contribution in [0.1, 0.15) is 0 Å². The molecule has 0 amide bonds. The first-order valence-corrected chi connectivity index (χ1v) is 8.59. The summed E-state index contributed by atoms with van der Waals surface area (Å²) in [5, 5.41) is 56.7. The summed E-state index contributed by atoms with van der Waals surface area (Å²) in [6.45, 7) is -0.774. The molecule has 150 valence electrons. The molecule has 0 aromatic heterocycles. The maximum absolute atomic E-state index is 10.4. The van der Waals surface area contributed by atoms with E-state index in [1.165, 1.54) is 6.21 Å². The van der Waals surface area contributed by atoms with Gasteiger partial charge in [-0.25, -0.2) is 0 Å². The lowest BCUT2D eigenvalue weighted by Gasteiger charge is -2.25. The Morgan fingerprint density at radius 2 is 1.36 bits per heavy atom. The second-order valence-corrected chi connectivity index (χ2v) is 5.93. The molecule has 0 bridgehead atoms. The number of aliphatic hydroxyl groups excluding tert-OH is 5. The maximum Gasteiger partial charge on any atom is 0.128 e. The van der Waals surface area contributed by atoms with Crippen molar-refractivity contribution in [3.63, 3.8) is 0 Å². The molecule has 9 nitrogen and oxygen atoms in total. The SMILES string of the molecule is OC[C@@H](O)[C@@H](O)[C@@H](O)[C@@H](O)C(/C=N\Nc1ccccc1)=N/Nc1ccccc1. The largest absolute Gasteiger partial charge is 0.394 e. The molecule has 0 aliphatic carbocycles. The van der Waals surface area contributed by atoms with E-state index in [9.17, 15) is 20.4 Å². The highest BCUT2D eigenvalue weighted by atomic mass is 16.4. The normalized spacial score (nSPS) is 16.4. The molecular weight excluding hydrogens is 364 g/mol. The Labute approximate surface area is 162 Å².